The average molecular weight is 394 g/mol. The summed E-state index contributed by atoms with van der Waals surface area (Å²) in [6.07, 6.45) is 10.5. The molecule has 0 aliphatic heterocycles. The Balaban J connectivity index is 1.98. The van der Waals surface area contributed by atoms with E-state index in [9.17, 15) is 4.79 Å². The molecule has 2 aromatic heterocycles. The number of furan rings is 1. The Morgan fingerprint density at radius 3 is 2.79 bits per heavy atom. The van der Waals surface area contributed by atoms with Crippen molar-refractivity contribution in [2.45, 2.75) is 12.8 Å². The molecule has 2 heterocycles. The van der Waals surface area contributed by atoms with E-state index in [-0.39, 0.29) is 0 Å². The van der Waals surface area contributed by atoms with Crippen molar-refractivity contribution in [3.63, 3.8) is 0 Å². The number of allylic oxidation sites excluding steroid dienone is 5. The molecule has 0 spiro atoms. The Bertz CT molecular complexity index is 1090. The van der Waals surface area contributed by atoms with Crippen LogP contribution >= 0.6 is 11.6 Å². The fourth-order valence-corrected chi connectivity index (χ4v) is 3.24. The van der Waals surface area contributed by atoms with E-state index in [1.54, 1.807) is 41.4 Å². The lowest BCUT2D eigenvalue weighted by Gasteiger charge is -2.14. The van der Waals surface area contributed by atoms with Crippen LogP contribution in [0.2, 0.25) is 5.02 Å². The highest BCUT2D eigenvalue weighted by molar-refractivity contribution is 6.30. The predicted molar refractivity (Wildman–Crippen MR) is 105 cm³/mol. The Morgan fingerprint density at radius 1 is 1.29 bits per heavy atom. The molecule has 28 heavy (non-hydrogen) atoms. The molecule has 0 saturated heterocycles. The lowest BCUT2D eigenvalue weighted by molar-refractivity contribution is 0.325. The van der Waals surface area contributed by atoms with E-state index in [2.05, 4.69) is 10.3 Å². The van der Waals surface area contributed by atoms with Gasteiger partial charge in [-0.25, -0.2) is 9.48 Å². The third kappa shape index (κ3) is 3.20. The van der Waals surface area contributed by atoms with Crippen LogP contribution in [0.15, 0.2) is 71.0 Å². The molecule has 3 aromatic rings. The number of aromatic nitrogens is 3. The molecule has 0 fully saturated rings. The number of ether oxygens (including phenoxy) is 1. The van der Waals surface area contributed by atoms with Crippen molar-refractivity contribution in [1.82, 2.24) is 15.0 Å². The molecule has 1 aromatic carbocycles. The van der Waals surface area contributed by atoms with E-state index < -0.39 is 5.92 Å². The number of halogens is 1. The molecule has 4 rings (SSSR count). The van der Waals surface area contributed by atoms with Crippen LogP contribution in [0.5, 0.6) is 5.75 Å². The van der Waals surface area contributed by atoms with Gasteiger partial charge in [0.25, 0.3) is 0 Å². The fraction of sp³-hybridized carbons (Fsp3) is 0.143. The summed E-state index contributed by atoms with van der Waals surface area (Å²) in [5.41, 5.74) is 1.88. The summed E-state index contributed by atoms with van der Waals surface area (Å²) in [7, 11) is 0. The first kappa shape index (κ1) is 18.0. The molecular formula is C21H16ClN3O3. The largest absolute Gasteiger partial charge is 0.488 e. The first-order valence-corrected chi connectivity index (χ1v) is 9.12. The smallest absolute Gasteiger partial charge is 0.188 e. The minimum Gasteiger partial charge on any atom is -0.488 e. The van der Waals surface area contributed by atoms with Gasteiger partial charge in [0.1, 0.15) is 5.94 Å². The summed E-state index contributed by atoms with van der Waals surface area (Å²) >= 11 is 6.04. The van der Waals surface area contributed by atoms with Gasteiger partial charge >= 0.3 is 0 Å². The Kier molecular flexibility index (Phi) is 4.98. The molecular weight excluding hydrogens is 378 g/mol. The topological polar surface area (TPSA) is 70.2 Å². The SMILES string of the molecule is CCOc1c(C2C=CC=CC2=C=O)oc(-c2ccc(Cl)cc2)c1-n1ccnn1. The van der Waals surface area contributed by atoms with E-state index in [1.807, 2.05) is 37.1 Å². The average Bonchev–Trinajstić information content (AvgIpc) is 3.37. The molecule has 0 N–H and O–H groups in total. The van der Waals surface area contributed by atoms with E-state index in [0.29, 0.717) is 40.2 Å². The summed E-state index contributed by atoms with van der Waals surface area (Å²) in [6.45, 7) is 2.30. The molecule has 140 valence electrons. The maximum atomic E-state index is 11.5. The number of rotatable bonds is 5. The molecule has 0 radical (unpaired) electrons. The summed E-state index contributed by atoms with van der Waals surface area (Å²) in [5, 5.41) is 8.64. The van der Waals surface area contributed by atoms with Gasteiger partial charge in [0.15, 0.2) is 23.0 Å². The summed E-state index contributed by atoms with van der Waals surface area (Å²) in [6, 6.07) is 7.28. The van der Waals surface area contributed by atoms with Crippen molar-refractivity contribution in [3.05, 3.63) is 77.3 Å². The van der Waals surface area contributed by atoms with Gasteiger partial charge in [-0.05, 0) is 37.3 Å². The number of hydrogen-bond acceptors (Lipinski definition) is 5. The lowest BCUT2D eigenvalue weighted by Crippen LogP contribution is -2.05. The highest BCUT2D eigenvalue weighted by Crippen LogP contribution is 2.45. The molecule has 0 amide bonds. The Morgan fingerprint density at radius 2 is 2.11 bits per heavy atom. The summed E-state index contributed by atoms with van der Waals surface area (Å²) in [4.78, 5) is 11.5. The van der Waals surface area contributed by atoms with E-state index in [0.717, 1.165) is 5.56 Å². The highest BCUT2D eigenvalue weighted by atomic mass is 35.5. The molecule has 7 heteroatoms. The van der Waals surface area contributed by atoms with Crippen molar-refractivity contribution >= 4 is 17.5 Å². The van der Waals surface area contributed by atoms with Crippen LogP contribution in [0.3, 0.4) is 0 Å². The lowest BCUT2D eigenvalue weighted by atomic mass is 9.93. The van der Waals surface area contributed by atoms with Crippen molar-refractivity contribution in [1.29, 1.82) is 0 Å². The van der Waals surface area contributed by atoms with Crippen LogP contribution in [0.1, 0.15) is 18.6 Å². The minimum atomic E-state index is -0.410. The van der Waals surface area contributed by atoms with Gasteiger partial charge in [-0.3, -0.25) is 0 Å². The van der Waals surface area contributed by atoms with Gasteiger partial charge in [-0.15, -0.1) is 5.10 Å². The van der Waals surface area contributed by atoms with Gasteiger partial charge in [0.05, 0.1) is 30.5 Å². The van der Waals surface area contributed by atoms with Crippen LogP contribution in [-0.4, -0.2) is 27.5 Å². The van der Waals surface area contributed by atoms with Crippen molar-refractivity contribution < 1.29 is 13.9 Å². The van der Waals surface area contributed by atoms with Crippen LogP contribution in [0, 0.1) is 0 Å². The first-order chi connectivity index (χ1) is 13.7. The van der Waals surface area contributed by atoms with Gasteiger partial charge in [-0.1, -0.05) is 35.0 Å². The monoisotopic (exact) mass is 393 g/mol. The zero-order valence-electron chi connectivity index (χ0n) is 15.0. The van der Waals surface area contributed by atoms with E-state index in [4.69, 9.17) is 20.8 Å². The molecule has 1 aliphatic rings. The molecule has 1 atom stereocenters. The molecule has 1 aliphatic carbocycles. The second-order valence-corrected chi connectivity index (χ2v) is 6.48. The normalized spacial score (nSPS) is 15.6. The van der Waals surface area contributed by atoms with Crippen LogP contribution < -0.4 is 4.74 Å². The van der Waals surface area contributed by atoms with Crippen molar-refractivity contribution in [3.8, 4) is 22.8 Å². The summed E-state index contributed by atoms with van der Waals surface area (Å²) in [5.74, 6) is 3.15. The molecule has 1 unspecified atom stereocenters. The number of hydrogen-bond donors (Lipinski definition) is 0. The molecule has 0 bridgehead atoms. The molecule has 0 saturated carbocycles. The maximum Gasteiger partial charge on any atom is 0.188 e. The highest BCUT2D eigenvalue weighted by Gasteiger charge is 2.31. The Hall–Kier alpha value is -3.34. The summed E-state index contributed by atoms with van der Waals surface area (Å²) < 4.78 is 13.8. The maximum absolute atomic E-state index is 11.5. The van der Waals surface area contributed by atoms with Crippen LogP contribution in [0.4, 0.5) is 0 Å². The second kappa shape index (κ2) is 7.72. The zero-order valence-corrected chi connectivity index (χ0v) is 15.8. The van der Waals surface area contributed by atoms with Gasteiger partial charge < -0.3 is 9.15 Å². The van der Waals surface area contributed by atoms with Gasteiger partial charge in [0.2, 0.25) is 0 Å². The second-order valence-electron chi connectivity index (χ2n) is 6.04. The van der Waals surface area contributed by atoms with Gasteiger partial charge in [-0.2, -0.15) is 0 Å². The predicted octanol–water partition coefficient (Wildman–Crippen LogP) is 4.55. The number of carbonyl (C=O) groups excluding carboxylic acids is 1. The Labute approximate surface area is 166 Å². The first-order valence-electron chi connectivity index (χ1n) is 8.75. The number of benzene rings is 1. The van der Waals surface area contributed by atoms with E-state index >= 15 is 0 Å². The van der Waals surface area contributed by atoms with E-state index in [1.165, 1.54) is 0 Å². The third-order valence-electron chi connectivity index (χ3n) is 4.34. The zero-order chi connectivity index (χ0) is 19.5. The van der Waals surface area contributed by atoms with Crippen LogP contribution in [-0.2, 0) is 4.79 Å². The third-order valence-corrected chi connectivity index (χ3v) is 4.59. The fourth-order valence-electron chi connectivity index (χ4n) is 3.11. The van der Waals surface area contributed by atoms with Crippen LogP contribution in [0.25, 0.3) is 17.0 Å². The van der Waals surface area contributed by atoms with Crippen molar-refractivity contribution in [2.24, 2.45) is 0 Å². The van der Waals surface area contributed by atoms with Gasteiger partial charge in [0, 0.05) is 10.6 Å². The minimum absolute atomic E-state index is 0.410. The van der Waals surface area contributed by atoms with Crippen molar-refractivity contribution in [2.75, 3.05) is 6.61 Å². The number of nitrogens with zero attached hydrogens (tertiary/aromatic N) is 3. The quantitative estimate of drug-likeness (QED) is 0.595. The molecule has 6 nitrogen and oxygen atoms in total. The standard InChI is InChI=1S/C21H16ClN3O3/c1-2-27-21-18(25-12-11-23-24-25)19(14-7-9-16(22)10-8-14)28-20(21)17-6-4-3-5-15(17)13-26/h3-12,17H,2H2,1H3.